The average molecular weight is 320 g/mol. The Bertz CT molecular complexity index is 329. The third kappa shape index (κ3) is 4.70. The minimum absolute atomic E-state index is 0.0258. The molecule has 1 heterocycles. The van der Waals surface area contributed by atoms with E-state index in [-0.39, 0.29) is 18.2 Å². The van der Waals surface area contributed by atoms with E-state index in [4.69, 9.17) is 10.5 Å². The maximum atomic E-state index is 6.17. The van der Waals surface area contributed by atoms with Crippen LogP contribution in [0.25, 0.3) is 0 Å². The molecule has 0 saturated carbocycles. The summed E-state index contributed by atoms with van der Waals surface area (Å²) in [5, 5.41) is 0. The number of hydrogen-bond donors (Lipinski definition) is 1. The van der Waals surface area contributed by atoms with Crippen molar-refractivity contribution >= 4 is 27.3 Å². The largest absolute Gasteiger partial charge is 0.368 e. The van der Waals surface area contributed by atoms with Crippen LogP contribution < -0.4 is 5.73 Å². The Labute approximate surface area is 117 Å². The predicted octanol–water partition coefficient (Wildman–Crippen LogP) is 4.49. The second-order valence-electron chi connectivity index (χ2n) is 4.37. The molecule has 0 fully saturated rings. The van der Waals surface area contributed by atoms with Gasteiger partial charge in [-0.1, -0.05) is 20.3 Å². The summed E-state index contributed by atoms with van der Waals surface area (Å²) in [6.45, 7) is 6.41. The molecule has 1 aromatic heterocycles. The molecule has 1 aromatic rings. The first-order valence-corrected chi connectivity index (χ1v) is 7.85. The number of hydrogen-bond acceptors (Lipinski definition) is 3. The number of halogens is 1. The number of ether oxygens (including phenoxy) is 1. The minimum atomic E-state index is 0.0258. The standard InChI is InChI=1S/C13H22BrNOS/c1-4-6-9(3)16-13(10(15)5-2)11-7-8-12(14)17-11/h7-10,13H,4-6,15H2,1-3H3. The first-order chi connectivity index (χ1) is 8.08. The Morgan fingerprint density at radius 3 is 2.59 bits per heavy atom. The van der Waals surface area contributed by atoms with Gasteiger partial charge < -0.3 is 10.5 Å². The third-order valence-corrected chi connectivity index (χ3v) is 4.49. The topological polar surface area (TPSA) is 35.2 Å². The fourth-order valence-electron chi connectivity index (χ4n) is 1.80. The normalized spacial score (nSPS) is 16.8. The highest BCUT2D eigenvalue weighted by Gasteiger charge is 2.23. The Kier molecular flexibility index (Phi) is 6.70. The molecular formula is C13H22BrNOS. The van der Waals surface area contributed by atoms with Crippen LogP contribution in [0.2, 0.25) is 0 Å². The molecule has 0 amide bonds. The molecule has 98 valence electrons. The summed E-state index contributed by atoms with van der Waals surface area (Å²) in [4.78, 5) is 1.22. The van der Waals surface area contributed by atoms with Crippen molar-refractivity contribution in [3.63, 3.8) is 0 Å². The van der Waals surface area contributed by atoms with Gasteiger partial charge in [0.25, 0.3) is 0 Å². The zero-order chi connectivity index (χ0) is 12.8. The maximum absolute atomic E-state index is 6.17. The van der Waals surface area contributed by atoms with Crippen LogP contribution in [0.4, 0.5) is 0 Å². The van der Waals surface area contributed by atoms with E-state index >= 15 is 0 Å². The lowest BCUT2D eigenvalue weighted by Gasteiger charge is -2.26. The second kappa shape index (κ2) is 7.52. The Morgan fingerprint density at radius 1 is 1.41 bits per heavy atom. The molecule has 17 heavy (non-hydrogen) atoms. The molecule has 0 aliphatic rings. The molecule has 0 spiro atoms. The average Bonchev–Trinajstić information content (AvgIpc) is 2.72. The van der Waals surface area contributed by atoms with Gasteiger partial charge in [0.1, 0.15) is 6.10 Å². The van der Waals surface area contributed by atoms with Crippen LogP contribution in [-0.2, 0) is 4.74 Å². The van der Waals surface area contributed by atoms with Gasteiger partial charge in [0, 0.05) is 10.9 Å². The highest BCUT2D eigenvalue weighted by molar-refractivity contribution is 9.11. The monoisotopic (exact) mass is 319 g/mol. The van der Waals surface area contributed by atoms with E-state index < -0.39 is 0 Å². The summed E-state index contributed by atoms with van der Waals surface area (Å²) in [7, 11) is 0. The minimum Gasteiger partial charge on any atom is -0.368 e. The van der Waals surface area contributed by atoms with Crippen LogP contribution in [0, 0.1) is 0 Å². The van der Waals surface area contributed by atoms with Crippen molar-refractivity contribution in [3.05, 3.63) is 20.8 Å². The summed E-state index contributed by atoms with van der Waals surface area (Å²) >= 11 is 5.20. The van der Waals surface area contributed by atoms with Crippen molar-refractivity contribution in [3.8, 4) is 0 Å². The number of thiophene rings is 1. The van der Waals surface area contributed by atoms with Crippen LogP contribution in [-0.4, -0.2) is 12.1 Å². The van der Waals surface area contributed by atoms with Gasteiger partial charge in [-0.15, -0.1) is 11.3 Å². The molecule has 2 nitrogen and oxygen atoms in total. The van der Waals surface area contributed by atoms with Crippen LogP contribution in [0.15, 0.2) is 15.9 Å². The van der Waals surface area contributed by atoms with E-state index in [2.05, 4.69) is 48.8 Å². The summed E-state index contributed by atoms with van der Waals surface area (Å²) in [6.07, 6.45) is 3.45. The Morgan fingerprint density at radius 2 is 2.12 bits per heavy atom. The summed E-state index contributed by atoms with van der Waals surface area (Å²) < 4.78 is 7.24. The molecular weight excluding hydrogens is 298 g/mol. The van der Waals surface area contributed by atoms with Crippen LogP contribution >= 0.6 is 27.3 Å². The van der Waals surface area contributed by atoms with Gasteiger partial charge in [-0.25, -0.2) is 0 Å². The number of rotatable bonds is 7. The van der Waals surface area contributed by atoms with Crippen molar-refractivity contribution < 1.29 is 4.74 Å². The molecule has 3 unspecified atom stereocenters. The molecule has 0 radical (unpaired) electrons. The van der Waals surface area contributed by atoms with Crippen molar-refractivity contribution in [1.82, 2.24) is 0 Å². The lowest BCUT2D eigenvalue weighted by molar-refractivity contribution is -0.0202. The highest BCUT2D eigenvalue weighted by Crippen LogP contribution is 2.32. The molecule has 4 heteroatoms. The van der Waals surface area contributed by atoms with Gasteiger partial charge in [-0.2, -0.15) is 0 Å². The van der Waals surface area contributed by atoms with E-state index in [1.165, 1.54) is 4.88 Å². The lowest BCUT2D eigenvalue weighted by atomic mass is 10.1. The molecule has 0 saturated heterocycles. The zero-order valence-corrected chi connectivity index (χ0v) is 13.2. The first-order valence-electron chi connectivity index (χ1n) is 6.24. The van der Waals surface area contributed by atoms with Gasteiger partial charge in [-0.3, -0.25) is 0 Å². The first kappa shape index (κ1) is 15.2. The van der Waals surface area contributed by atoms with Crippen molar-refractivity contribution in [2.45, 2.75) is 58.3 Å². The van der Waals surface area contributed by atoms with Crippen molar-refractivity contribution in [1.29, 1.82) is 0 Å². The van der Waals surface area contributed by atoms with Gasteiger partial charge in [0.05, 0.1) is 9.89 Å². The fraction of sp³-hybridized carbons (Fsp3) is 0.692. The summed E-state index contributed by atoms with van der Waals surface area (Å²) in [6, 6.07) is 4.23. The van der Waals surface area contributed by atoms with Gasteiger partial charge in [-0.05, 0) is 47.8 Å². The van der Waals surface area contributed by atoms with Gasteiger partial charge in [0.15, 0.2) is 0 Å². The van der Waals surface area contributed by atoms with E-state index in [1.807, 2.05) is 0 Å². The second-order valence-corrected chi connectivity index (χ2v) is 6.86. The van der Waals surface area contributed by atoms with Crippen LogP contribution in [0.3, 0.4) is 0 Å². The zero-order valence-electron chi connectivity index (χ0n) is 10.8. The van der Waals surface area contributed by atoms with Crippen molar-refractivity contribution in [2.24, 2.45) is 5.73 Å². The Balaban J connectivity index is 2.74. The fourth-order valence-corrected chi connectivity index (χ4v) is 3.34. The predicted molar refractivity (Wildman–Crippen MR) is 78.5 cm³/mol. The van der Waals surface area contributed by atoms with E-state index in [0.717, 1.165) is 23.0 Å². The number of nitrogens with two attached hydrogens (primary N) is 1. The van der Waals surface area contributed by atoms with E-state index in [0.29, 0.717) is 0 Å². The molecule has 0 bridgehead atoms. The Hall–Kier alpha value is 0.1000. The third-order valence-electron chi connectivity index (χ3n) is 2.81. The highest BCUT2D eigenvalue weighted by atomic mass is 79.9. The summed E-state index contributed by atoms with van der Waals surface area (Å²) in [5.74, 6) is 0. The molecule has 1 rings (SSSR count). The molecule has 0 aromatic carbocycles. The summed E-state index contributed by atoms with van der Waals surface area (Å²) in [5.41, 5.74) is 6.17. The lowest BCUT2D eigenvalue weighted by Crippen LogP contribution is -2.31. The van der Waals surface area contributed by atoms with E-state index in [1.54, 1.807) is 11.3 Å². The van der Waals surface area contributed by atoms with Crippen LogP contribution in [0.5, 0.6) is 0 Å². The van der Waals surface area contributed by atoms with Crippen molar-refractivity contribution in [2.75, 3.05) is 0 Å². The van der Waals surface area contributed by atoms with E-state index in [9.17, 15) is 0 Å². The molecule has 0 aliphatic carbocycles. The quantitative estimate of drug-likeness (QED) is 0.803. The van der Waals surface area contributed by atoms with Crippen LogP contribution in [0.1, 0.15) is 51.0 Å². The van der Waals surface area contributed by atoms with Gasteiger partial charge >= 0.3 is 0 Å². The maximum Gasteiger partial charge on any atom is 0.107 e. The molecule has 3 atom stereocenters. The molecule has 2 N–H and O–H groups in total. The SMILES string of the molecule is CCCC(C)OC(c1ccc(Br)s1)C(N)CC. The molecule has 0 aliphatic heterocycles. The van der Waals surface area contributed by atoms with Gasteiger partial charge in [0.2, 0.25) is 0 Å². The smallest absolute Gasteiger partial charge is 0.107 e.